The molecule has 0 saturated heterocycles. The minimum absolute atomic E-state index is 0. The third-order valence-electron chi connectivity index (χ3n) is 3.94. The van der Waals surface area contributed by atoms with Gasteiger partial charge in [0.15, 0.2) is 0 Å². The lowest BCUT2D eigenvalue weighted by Crippen LogP contribution is -2.39. The van der Waals surface area contributed by atoms with Crippen molar-refractivity contribution in [3.63, 3.8) is 0 Å². The zero-order chi connectivity index (χ0) is 18.9. The van der Waals surface area contributed by atoms with E-state index in [1.165, 1.54) is 7.11 Å². The number of carbonyl (C=O) groups excluding carboxylic acids is 2. The number of benzene rings is 2. The van der Waals surface area contributed by atoms with Crippen molar-refractivity contribution in [1.82, 2.24) is 0 Å². The third-order valence-corrected chi connectivity index (χ3v) is 3.94. The van der Waals surface area contributed by atoms with Gasteiger partial charge in [-0.05, 0) is 36.8 Å². The highest BCUT2D eigenvalue weighted by atomic mass is 35.5. The van der Waals surface area contributed by atoms with Crippen LogP contribution in [-0.2, 0) is 20.7 Å². The first-order chi connectivity index (χ1) is 12.5. The second-order valence-electron chi connectivity index (χ2n) is 5.90. The van der Waals surface area contributed by atoms with E-state index in [0.717, 1.165) is 11.3 Å². The van der Waals surface area contributed by atoms with Crippen molar-refractivity contribution in [2.45, 2.75) is 19.4 Å². The molecule has 0 fully saturated rings. The van der Waals surface area contributed by atoms with Crippen LogP contribution in [0.5, 0.6) is 0 Å². The van der Waals surface area contributed by atoms with Crippen molar-refractivity contribution >= 4 is 35.6 Å². The SMILES string of the molecule is CCN(C(=O)Cc1ccc(NC(=O)C(N)COC)cc1)c1ccccc1.Cl. The van der Waals surface area contributed by atoms with Crippen molar-refractivity contribution in [2.24, 2.45) is 5.73 Å². The maximum atomic E-state index is 12.6. The first kappa shape index (κ1) is 22.6. The number of ether oxygens (including phenoxy) is 1. The summed E-state index contributed by atoms with van der Waals surface area (Å²) in [5.74, 6) is -0.283. The van der Waals surface area contributed by atoms with Gasteiger partial charge in [-0.3, -0.25) is 9.59 Å². The van der Waals surface area contributed by atoms with Gasteiger partial charge in [-0.2, -0.15) is 0 Å². The van der Waals surface area contributed by atoms with Gasteiger partial charge in [-0.25, -0.2) is 0 Å². The first-order valence-corrected chi connectivity index (χ1v) is 8.55. The molecule has 7 heteroatoms. The largest absolute Gasteiger partial charge is 0.383 e. The number of methoxy groups -OCH3 is 1. The predicted octanol–water partition coefficient (Wildman–Crippen LogP) is 2.62. The number of halogens is 1. The van der Waals surface area contributed by atoms with Gasteiger partial charge in [-0.1, -0.05) is 30.3 Å². The molecule has 0 aliphatic heterocycles. The van der Waals surface area contributed by atoms with Crippen LogP contribution in [0.2, 0.25) is 0 Å². The van der Waals surface area contributed by atoms with E-state index < -0.39 is 6.04 Å². The molecule has 6 nitrogen and oxygen atoms in total. The van der Waals surface area contributed by atoms with Crippen LogP contribution in [-0.4, -0.2) is 38.1 Å². The molecule has 0 saturated carbocycles. The Balaban J connectivity index is 0.00000364. The summed E-state index contributed by atoms with van der Waals surface area (Å²) in [6.07, 6.45) is 0.292. The summed E-state index contributed by atoms with van der Waals surface area (Å²) in [6.45, 7) is 2.71. The first-order valence-electron chi connectivity index (χ1n) is 8.55. The van der Waals surface area contributed by atoms with Crippen LogP contribution in [0.4, 0.5) is 11.4 Å². The smallest absolute Gasteiger partial charge is 0.243 e. The van der Waals surface area contributed by atoms with Crippen LogP contribution in [0.15, 0.2) is 54.6 Å². The summed E-state index contributed by atoms with van der Waals surface area (Å²) >= 11 is 0. The Morgan fingerprint density at radius 2 is 1.74 bits per heavy atom. The number of amides is 2. The number of nitrogens with zero attached hydrogens (tertiary/aromatic N) is 1. The molecular weight excluding hydrogens is 366 g/mol. The molecule has 1 atom stereocenters. The number of nitrogens with one attached hydrogen (secondary N) is 1. The fourth-order valence-corrected chi connectivity index (χ4v) is 2.58. The Morgan fingerprint density at radius 1 is 1.11 bits per heavy atom. The molecule has 27 heavy (non-hydrogen) atoms. The Kier molecular flexibility index (Phi) is 9.50. The number of hydrogen-bond donors (Lipinski definition) is 2. The molecule has 0 aliphatic rings. The van der Waals surface area contributed by atoms with Crippen LogP contribution in [0.3, 0.4) is 0 Å². The minimum Gasteiger partial charge on any atom is -0.383 e. The van der Waals surface area contributed by atoms with E-state index in [0.29, 0.717) is 18.7 Å². The number of hydrogen-bond acceptors (Lipinski definition) is 4. The molecule has 0 heterocycles. The normalized spacial score (nSPS) is 11.2. The quantitative estimate of drug-likeness (QED) is 0.724. The molecular formula is C20H26ClN3O3. The summed E-state index contributed by atoms with van der Waals surface area (Å²) in [5, 5.41) is 2.73. The Morgan fingerprint density at radius 3 is 2.30 bits per heavy atom. The number of likely N-dealkylation sites (N-methyl/N-ethyl adjacent to an activating group) is 1. The molecule has 0 aliphatic carbocycles. The molecule has 0 aromatic heterocycles. The number of nitrogens with two attached hydrogens (primary N) is 1. The topological polar surface area (TPSA) is 84.7 Å². The van der Waals surface area contributed by atoms with E-state index >= 15 is 0 Å². The summed E-state index contributed by atoms with van der Waals surface area (Å²) in [5.41, 5.74) is 8.08. The molecule has 1 unspecified atom stereocenters. The highest BCUT2D eigenvalue weighted by molar-refractivity contribution is 5.96. The Hall–Kier alpha value is -2.41. The third kappa shape index (κ3) is 6.67. The van der Waals surface area contributed by atoms with Crippen molar-refractivity contribution < 1.29 is 14.3 Å². The molecule has 0 radical (unpaired) electrons. The van der Waals surface area contributed by atoms with E-state index in [1.54, 1.807) is 17.0 Å². The predicted molar refractivity (Wildman–Crippen MR) is 110 cm³/mol. The van der Waals surface area contributed by atoms with Gasteiger partial charge in [0.2, 0.25) is 11.8 Å². The average Bonchev–Trinajstić information content (AvgIpc) is 2.65. The fraction of sp³-hybridized carbons (Fsp3) is 0.300. The lowest BCUT2D eigenvalue weighted by Gasteiger charge is -2.21. The van der Waals surface area contributed by atoms with Crippen LogP contribution >= 0.6 is 12.4 Å². The number of carbonyl (C=O) groups is 2. The second-order valence-corrected chi connectivity index (χ2v) is 5.90. The molecule has 0 spiro atoms. The Labute approximate surface area is 166 Å². The number of para-hydroxylation sites is 1. The van der Waals surface area contributed by atoms with Crippen molar-refractivity contribution in [3.05, 3.63) is 60.2 Å². The lowest BCUT2D eigenvalue weighted by atomic mass is 10.1. The van der Waals surface area contributed by atoms with E-state index in [1.807, 2.05) is 49.4 Å². The molecule has 2 aromatic carbocycles. The van der Waals surface area contributed by atoms with Gasteiger partial charge in [0.1, 0.15) is 6.04 Å². The molecule has 2 rings (SSSR count). The molecule has 2 amide bonds. The Bertz CT molecular complexity index is 723. The molecule has 2 aromatic rings. The van der Waals surface area contributed by atoms with E-state index in [-0.39, 0.29) is 30.8 Å². The second kappa shape index (κ2) is 11.3. The molecule has 146 valence electrons. The van der Waals surface area contributed by atoms with Crippen LogP contribution in [0, 0.1) is 0 Å². The monoisotopic (exact) mass is 391 g/mol. The van der Waals surface area contributed by atoms with Crippen molar-refractivity contribution in [1.29, 1.82) is 0 Å². The van der Waals surface area contributed by atoms with Gasteiger partial charge < -0.3 is 20.7 Å². The molecule has 0 bridgehead atoms. The lowest BCUT2D eigenvalue weighted by molar-refractivity contribution is -0.119. The van der Waals surface area contributed by atoms with E-state index in [9.17, 15) is 9.59 Å². The minimum atomic E-state index is -0.717. The fourth-order valence-electron chi connectivity index (χ4n) is 2.58. The van der Waals surface area contributed by atoms with Gasteiger partial charge in [0.25, 0.3) is 0 Å². The average molecular weight is 392 g/mol. The van der Waals surface area contributed by atoms with E-state index in [2.05, 4.69) is 5.32 Å². The van der Waals surface area contributed by atoms with Gasteiger partial charge in [-0.15, -0.1) is 12.4 Å². The zero-order valence-electron chi connectivity index (χ0n) is 15.6. The van der Waals surface area contributed by atoms with Gasteiger partial charge >= 0.3 is 0 Å². The summed E-state index contributed by atoms with van der Waals surface area (Å²) < 4.78 is 4.87. The highest BCUT2D eigenvalue weighted by Gasteiger charge is 2.15. The highest BCUT2D eigenvalue weighted by Crippen LogP contribution is 2.16. The standard InChI is InChI=1S/C20H25N3O3.ClH/c1-3-23(17-7-5-4-6-8-17)19(24)13-15-9-11-16(12-10-15)22-20(25)18(21)14-26-2;/h4-12,18H,3,13-14,21H2,1-2H3,(H,22,25);1H. The summed E-state index contributed by atoms with van der Waals surface area (Å²) in [7, 11) is 1.49. The van der Waals surface area contributed by atoms with E-state index in [4.69, 9.17) is 10.5 Å². The summed E-state index contributed by atoms with van der Waals surface area (Å²) in [4.78, 5) is 26.2. The van der Waals surface area contributed by atoms with Crippen molar-refractivity contribution in [2.75, 3.05) is 30.5 Å². The molecule has 3 N–H and O–H groups in total. The van der Waals surface area contributed by atoms with Crippen LogP contribution in [0.25, 0.3) is 0 Å². The summed E-state index contributed by atoms with van der Waals surface area (Å²) in [6, 6.07) is 16.1. The maximum Gasteiger partial charge on any atom is 0.243 e. The van der Waals surface area contributed by atoms with Crippen LogP contribution in [0.1, 0.15) is 12.5 Å². The van der Waals surface area contributed by atoms with Crippen LogP contribution < -0.4 is 16.0 Å². The van der Waals surface area contributed by atoms with Gasteiger partial charge in [0.05, 0.1) is 13.0 Å². The number of anilines is 2. The number of rotatable bonds is 8. The van der Waals surface area contributed by atoms with Crippen molar-refractivity contribution in [3.8, 4) is 0 Å². The maximum absolute atomic E-state index is 12.6. The van der Waals surface area contributed by atoms with Gasteiger partial charge in [0, 0.05) is 25.0 Å². The zero-order valence-corrected chi connectivity index (χ0v) is 16.4.